The van der Waals surface area contributed by atoms with Gasteiger partial charge in [-0.2, -0.15) is 0 Å². The molecule has 1 aromatic carbocycles. The molecule has 0 radical (unpaired) electrons. The van der Waals surface area contributed by atoms with Gasteiger partial charge in [0, 0.05) is 26.2 Å². The van der Waals surface area contributed by atoms with Gasteiger partial charge in [0.15, 0.2) is 0 Å². The molecule has 4 heteroatoms. The highest BCUT2D eigenvalue weighted by atomic mass is 16.5. The van der Waals surface area contributed by atoms with Crippen LogP contribution in [-0.2, 0) is 6.54 Å². The van der Waals surface area contributed by atoms with E-state index in [-0.39, 0.29) is 0 Å². The zero-order chi connectivity index (χ0) is 13.0. The van der Waals surface area contributed by atoms with E-state index in [1.807, 2.05) is 24.3 Å². The van der Waals surface area contributed by atoms with Gasteiger partial charge in [-0.1, -0.05) is 12.1 Å². The van der Waals surface area contributed by atoms with E-state index >= 15 is 0 Å². The molecule has 0 spiro atoms. The number of hydrogen-bond acceptors (Lipinski definition) is 4. The number of piperazine rings is 1. The Morgan fingerprint density at radius 2 is 2.17 bits per heavy atom. The highest BCUT2D eigenvalue weighted by molar-refractivity contribution is 5.28. The molecule has 0 bridgehead atoms. The third kappa shape index (κ3) is 3.45. The van der Waals surface area contributed by atoms with Crippen LogP contribution in [0.15, 0.2) is 24.3 Å². The van der Waals surface area contributed by atoms with Crippen molar-refractivity contribution in [3.8, 4) is 5.75 Å². The van der Waals surface area contributed by atoms with Crippen molar-refractivity contribution in [1.82, 2.24) is 9.80 Å². The molecule has 1 unspecified atom stereocenters. The first kappa shape index (κ1) is 13.3. The molecule has 1 aliphatic rings. The van der Waals surface area contributed by atoms with Crippen LogP contribution in [0.25, 0.3) is 0 Å². The Hall–Kier alpha value is -1.10. The summed E-state index contributed by atoms with van der Waals surface area (Å²) in [5.41, 5.74) is 6.74. The van der Waals surface area contributed by atoms with Gasteiger partial charge in [0.05, 0.1) is 6.04 Å². The fourth-order valence-corrected chi connectivity index (χ4v) is 2.24. The molecule has 1 aromatic rings. The fraction of sp³-hybridized carbons (Fsp3) is 0.571. The van der Waals surface area contributed by atoms with Gasteiger partial charge in [0.25, 0.3) is 0 Å². The summed E-state index contributed by atoms with van der Waals surface area (Å²) in [6, 6.07) is 8.49. The SMILES string of the molecule is CN1CCN(C)C(COc2cccc(CN)c2)C1. The second-order valence-electron chi connectivity index (χ2n) is 5.06. The third-order valence-electron chi connectivity index (χ3n) is 3.56. The van der Waals surface area contributed by atoms with E-state index in [4.69, 9.17) is 10.5 Å². The van der Waals surface area contributed by atoms with Crippen molar-refractivity contribution in [3.05, 3.63) is 29.8 Å². The predicted octanol–water partition coefficient (Wildman–Crippen LogP) is 0.770. The first-order valence-corrected chi connectivity index (χ1v) is 6.49. The second kappa shape index (κ2) is 6.18. The van der Waals surface area contributed by atoms with Crippen LogP contribution in [-0.4, -0.2) is 56.2 Å². The Morgan fingerprint density at radius 3 is 2.94 bits per heavy atom. The summed E-state index contributed by atoms with van der Waals surface area (Å²) >= 11 is 0. The van der Waals surface area contributed by atoms with Crippen LogP contribution in [0, 0.1) is 0 Å². The minimum absolute atomic E-state index is 0.463. The topological polar surface area (TPSA) is 41.7 Å². The molecular weight excluding hydrogens is 226 g/mol. The Balaban J connectivity index is 1.89. The maximum Gasteiger partial charge on any atom is 0.119 e. The number of nitrogens with two attached hydrogens (primary N) is 1. The molecular formula is C14H23N3O. The van der Waals surface area contributed by atoms with Crippen molar-refractivity contribution >= 4 is 0 Å². The molecule has 1 aliphatic heterocycles. The molecule has 1 atom stereocenters. The van der Waals surface area contributed by atoms with Gasteiger partial charge < -0.3 is 15.4 Å². The van der Waals surface area contributed by atoms with Gasteiger partial charge in [0.1, 0.15) is 12.4 Å². The molecule has 1 heterocycles. The maximum atomic E-state index is 5.88. The summed E-state index contributed by atoms with van der Waals surface area (Å²) in [6.07, 6.45) is 0. The van der Waals surface area contributed by atoms with Crippen molar-refractivity contribution in [2.24, 2.45) is 5.73 Å². The summed E-state index contributed by atoms with van der Waals surface area (Å²) < 4.78 is 5.88. The summed E-state index contributed by atoms with van der Waals surface area (Å²) in [5.74, 6) is 0.916. The van der Waals surface area contributed by atoms with Crippen molar-refractivity contribution in [1.29, 1.82) is 0 Å². The summed E-state index contributed by atoms with van der Waals surface area (Å²) in [6.45, 7) is 4.59. The molecule has 2 rings (SSSR count). The smallest absolute Gasteiger partial charge is 0.119 e. The molecule has 100 valence electrons. The van der Waals surface area contributed by atoms with E-state index in [9.17, 15) is 0 Å². The number of ether oxygens (including phenoxy) is 1. The van der Waals surface area contributed by atoms with Crippen LogP contribution in [0.4, 0.5) is 0 Å². The van der Waals surface area contributed by atoms with E-state index < -0.39 is 0 Å². The molecule has 0 saturated carbocycles. The molecule has 18 heavy (non-hydrogen) atoms. The lowest BCUT2D eigenvalue weighted by Gasteiger charge is -2.37. The van der Waals surface area contributed by atoms with Crippen LogP contribution in [0.3, 0.4) is 0 Å². The zero-order valence-electron chi connectivity index (χ0n) is 11.3. The van der Waals surface area contributed by atoms with Gasteiger partial charge in [-0.05, 0) is 31.8 Å². The maximum absolute atomic E-state index is 5.88. The van der Waals surface area contributed by atoms with Crippen LogP contribution < -0.4 is 10.5 Å². The average molecular weight is 249 g/mol. The highest BCUT2D eigenvalue weighted by Crippen LogP contribution is 2.14. The third-order valence-corrected chi connectivity index (χ3v) is 3.56. The Kier molecular flexibility index (Phi) is 4.58. The van der Waals surface area contributed by atoms with Crippen molar-refractivity contribution in [2.75, 3.05) is 40.3 Å². The molecule has 0 aliphatic carbocycles. The Morgan fingerprint density at radius 1 is 1.33 bits per heavy atom. The number of rotatable bonds is 4. The van der Waals surface area contributed by atoms with Crippen LogP contribution in [0.2, 0.25) is 0 Å². The van der Waals surface area contributed by atoms with Gasteiger partial charge in [-0.15, -0.1) is 0 Å². The quantitative estimate of drug-likeness (QED) is 0.856. The molecule has 1 fully saturated rings. The summed E-state index contributed by atoms with van der Waals surface area (Å²) in [7, 11) is 4.33. The van der Waals surface area contributed by atoms with Crippen molar-refractivity contribution in [3.63, 3.8) is 0 Å². The molecule has 2 N–H and O–H groups in total. The van der Waals surface area contributed by atoms with Crippen LogP contribution >= 0.6 is 0 Å². The highest BCUT2D eigenvalue weighted by Gasteiger charge is 2.22. The first-order chi connectivity index (χ1) is 8.69. The molecule has 4 nitrogen and oxygen atoms in total. The predicted molar refractivity (Wildman–Crippen MR) is 73.7 cm³/mol. The van der Waals surface area contributed by atoms with E-state index in [0.29, 0.717) is 12.6 Å². The van der Waals surface area contributed by atoms with E-state index in [1.54, 1.807) is 0 Å². The largest absolute Gasteiger partial charge is 0.492 e. The van der Waals surface area contributed by atoms with Crippen LogP contribution in [0.1, 0.15) is 5.56 Å². The van der Waals surface area contributed by atoms with E-state index in [2.05, 4.69) is 23.9 Å². The number of hydrogen-bond donors (Lipinski definition) is 1. The van der Waals surface area contributed by atoms with Crippen molar-refractivity contribution in [2.45, 2.75) is 12.6 Å². The lowest BCUT2D eigenvalue weighted by atomic mass is 10.2. The minimum Gasteiger partial charge on any atom is -0.492 e. The molecule has 0 aromatic heterocycles. The van der Waals surface area contributed by atoms with Gasteiger partial charge in [-0.3, -0.25) is 4.90 Å². The van der Waals surface area contributed by atoms with Gasteiger partial charge >= 0.3 is 0 Å². The normalized spacial score (nSPS) is 22.1. The summed E-state index contributed by atoms with van der Waals surface area (Å²) in [5, 5.41) is 0. The Labute approximate surface area is 109 Å². The monoisotopic (exact) mass is 249 g/mol. The molecule has 1 saturated heterocycles. The first-order valence-electron chi connectivity index (χ1n) is 6.49. The van der Waals surface area contributed by atoms with Gasteiger partial charge in [-0.25, -0.2) is 0 Å². The van der Waals surface area contributed by atoms with E-state index in [1.165, 1.54) is 0 Å². The van der Waals surface area contributed by atoms with E-state index in [0.717, 1.165) is 37.6 Å². The van der Waals surface area contributed by atoms with Crippen LogP contribution in [0.5, 0.6) is 5.75 Å². The molecule has 0 amide bonds. The van der Waals surface area contributed by atoms with Gasteiger partial charge in [0.2, 0.25) is 0 Å². The standard InChI is InChI=1S/C14H23N3O/c1-16-6-7-17(2)13(10-16)11-18-14-5-3-4-12(8-14)9-15/h3-5,8,13H,6-7,9-11,15H2,1-2H3. The second-order valence-corrected chi connectivity index (χ2v) is 5.06. The minimum atomic E-state index is 0.463. The number of likely N-dealkylation sites (N-methyl/N-ethyl adjacent to an activating group) is 2. The lowest BCUT2D eigenvalue weighted by Crippen LogP contribution is -2.52. The Bertz CT molecular complexity index is 383. The zero-order valence-corrected chi connectivity index (χ0v) is 11.3. The van der Waals surface area contributed by atoms with Crippen molar-refractivity contribution < 1.29 is 4.74 Å². The average Bonchev–Trinajstić information content (AvgIpc) is 2.40. The summed E-state index contributed by atoms with van der Waals surface area (Å²) in [4.78, 5) is 4.72. The fourth-order valence-electron chi connectivity index (χ4n) is 2.24. The number of benzene rings is 1. The number of nitrogens with zero attached hydrogens (tertiary/aromatic N) is 2. The lowest BCUT2D eigenvalue weighted by molar-refractivity contribution is 0.0781.